The van der Waals surface area contributed by atoms with E-state index in [-0.39, 0.29) is 24.8 Å². The Bertz CT molecular complexity index is 1360. The normalized spacial score (nSPS) is 15.3. The first-order valence-corrected chi connectivity index (χ1v) is 11.4. The summed E-state index contributed by atoms with van der Waals surface area (Å²) in [5, 5.41) is 11.5. The van der Waals surface area contributed by atoms with E-state index in [0.29, 0.717) is 40.5 Å². The molecule has 2 amide bonds. The lowest BCUT2D eigenvalue weighted by Crippen LogP contribution is -2.28. The van der Waals surface area contributed by atoms with Crippen LogP contribution in [0.4, 0.5) is 11.4 Å². The fourth-order valence-electron chi connectivity index (χ4n) is 3.84. The number of carbonyl (C=O) groups excluding carboxylic acids is 2. The molecule has 0 radical (unpaired) electrons. The van der Waals surface area contributed by atoms with Gasteiger partial charge in [0.25, 0.3) is 5.89 Å². The second-order valence-corrected chi connectivity index (χ2v) is 8.49. The Morgan fingerprint density at radius 1 is 1.06 bits per heavy atom. The van der Waals surface area contributed by atoms with Crippen molar-refractivity contribution in [2.45, 2.75) is 13.0 Å². The summed E-state index contributed by atoms with van der Waals surface area (Å²) >= 11 is 6.04. The average Bonchev–Trinajstić information content (AvgIpc) is 3.50. The van der Waals surface area contributed by atoms with Crippen molar-refractivity contribution < 1.29 is 18.7 Å². The van der Waals surface area contributed by atoms with Crippen LogP contribution in [0, 0.1) is 5.92 Å². The van der Waals surface area contributed by atoms with E-state index in [9.17, 15) is 9.59 Å². The zero-order chi connectivity index (χ0) is 24.2. The molecule has 176 valence electrons. The Morgan fingerprint density at radius 3 is 2.71 bits per heavy atom. The van der Waals surface area contributed by atoms with E-state index in [2.05, 4.69) is 15.5 Å². The van der Waals surface area contributed by atoms with Crippen LogP contribution in [0.15, 0.2) is 83.3 Å². The maximum Gasteiger partial charge on any atom is 0.254 e. The number of benzene rings is 3. The van der Waals surface area contributed by atoms with Crippen LogP contribution in [0.1, 0.15) is 12.3 Å². The first kappa shape index (κ1) is 22.6. The summed E-state index contributed by atoms with van der Waals surface area (Å²) in [5.41, 5.74) is 2.08. The number of carbonyl (C=O) groups is 2. The zero-order valence-electron chi connectivity index (χ0n) is 18.6. The van der Waals surface area contributed by atoms with Crippen molar-refractivity contribution >= 4 is 34.8 Å². The van der Waals surface area contributed by atoms with Gasteiger partial charge in [-0.15, -0.1) is 10.2 Å². The number of halogens is 1. The highest BCUT2D eigenvalue weighted by Gasteiger charge is 2.35. The molecule has 0 unspecified atom stereocenters. The molecule has 1 aliphatic rings. The highest BCUT2D eigenvalue weighted by Crippen LogP contribution is 2.28. The molecule has 2 heterocycles. The zero-order valence-corrected chi connectivity index (χ0v) is 19.3. The third-order valence-corrected chi connectivity index (χ3v) is 5.80. The minimum Gasteiger partial charge on any atom is -0.484 e. The lowest BCUT2D eigenvalue weighted by molar-refractivity contribution is -0.122. The van der Waals surface area contributed by atoms with Gasteiger partial charge in [-0.25, -0.2) is 0 Å². The fraction of sp³-hybridized carbons (Fsp3) is 0.154. The largest absolute Gasteiger partial charge is 0.484 e. The van der Waals surface area contributed by atoms with Crippen LogP contribution < -0.4 is 15.0 Å². The molecule has 9 heteroatoms. The lowest BCUT2D eigenvalue weighted by Gasteiger charge is -2.17. The smallest absolute Gasteiger partial charge is 0.254 e. The van der Waals surface area contributed by atoms with Crippen LogP contribution in [0.25, 0.3) is 11.5 Å². The van der Waals surface area contributed by atoms with E-state index in [0.717, 1.165) is 5.56 Å². The predicted molar refractivity (Wildman–Crippen MR) is 131 cm³/mol. The van der Waals surface area contributed by atoms with Gasteiger partial charge in [-0.3, -0.25) is 9.59 Å². The highest BCUT2D eigenvalue weighted by atomic mass is 35.5. The van der Waals surface area contributed by atoms with E-state index < -0.39 is 5.92 Å². The second-order valence-electron chi connectivity index (χ2n) is 8.06. The summed E-state index contributed by atoms with van der Waals surface area (Å²) in [6.45, 7) is 0.380. The first-order chi connectivity index (χ1) is 17.0. The molecule has 1 atom stereocenters. The van der Waals surface area contributed by atoms with Gasteiger partial charge in [0.15, 0.2) is 6.61 Å². The van der Waals surface area contributed by atoms with E-state index in [1.165, 1.54) is 0 Å². The number of rotatable bonds is 7. The van der Waals surface area contributed by atoms with Crippen LogP contribution >= 0.6 is 11.6 Å². The van der Waals surface area contributed by atoms with Crippen molar-refractivity contribution in [2.24, 2.45) is 5.92 Å². The molecule has 4 aromatic rings. The molecule has 5 rings (SSSR count). The Morgan fingerprint density at radius 2 is 1.89 bits per heavy atom. The summed E-state index contributed by atoms with van der Waals surface area (Å²) in [6, 6.07) is 23.5. The summed E-state index contributed by atoms with van der Waals surface area (Å²) in [7, 11) is 0. The third-order valence-electron chi connectivity index (χ3n) is 5.57. The standard InChI is InChI=1S/C26H21ClN4O4/c27-19-8-4-10-21(13-19)31-15-18(12-24(31)32)25(33)28-20-9-5-11-22(14-20)34-16-23-29-30-26(35-23)17-6-2-1-3-7-17/h1-11,13-14,18H,12,15-16H2,(H,28,33)/t18-/m1/s1. The van der Waals surface area contributed by atoms with Crippen molar-refractivity contribution in [3.63, 3.8) is 0 Å². The van der Waals surface area contributed by atoms with Gasteiger partial charge in [0, 0.05) is 41.0 Å². The Balaban J connectivity index is 1.18. The Hall–Kier alpha value is -4.17. The van der Waals surface area contributed by atoms with Crippen molar-refractivity contribution in [1.29, 1.82) is 0 Å². The number of nitrogens with one attached hydrogen (secondary N) is 1. The number of aromatic nitrogens is 2. The molecule has 3 aromatic carbocycles. The van der Waals surface area contributed by atoms with Crippen molar-refractivity contribution in [1.82, 2.24) is 10.2 Å². The molecule has 1 aromatic heterocycles. The maximum atomic E-state index is 12.8. The number of hydrogen-bond acceptors (Lipinski definition) is 6. The monoisotopic (exact) mass is 488 g/mol. The summed E-state index contributed by atoms with van der Waals surface area (Å²) in [6.07, 6.45) is 0.134. The maximum absolute atomic E-state index is 12.8. The van der Waals surface area contributed by atoms with Gasteiger partial charge in [0.05, 0.1) is 5.92 Å². The van der Waals surface area contributed by atoms with Crippen LogP contribution in [0.3, 0.4) is 0 Å². The predicted octanol–water partition coefficient (Wildman–Crippen LogP) is 4.96. The number of anilines is 2. The molecule has 1 fully saturated rings. The molecule has 0 saturated carbocycles. The molecule has 8 nitrogen and oxygen atoms in total. The van der Waals surface area contributed by atoms with Crippen molar-refractivity contribution in [3.05, 3.63) is 89.8 Å². The SMILES string of the molecule is O=C(Nc1cccc(OCc2nnc(-c3ccccc3)o2)c1)[C@@H]1CC(=O)N(c2cccc(Cl)c2)C1. The quantitative estimate of drug-likeness (QED) is 0.395. The van der Waals surface area contributed by atoms with Gasteiger partial charge in [-0.05, 0) is 42.5 Å². The molecule has 0 aliphatic carbocycles. The minimum absolute atomic E-state index is 0.0863. The molecule has 1 N–H and O–H groups in total. The summed E-state index contributed by atoms with van der Waals surface area (Å²) in [4.78, 5) is 26.9. The lowest BCUT2D eigenvalue weighted by atomic mass is 10.1. The van der Waals surface area contributed by atoms with Gasteiger partial charge in [-0.2, -0.15) is 0 Å². The minimum atomic E-state index is -0.471. The first-order valence-electron chi connectivity index (χ1n) is 11.0. The molecule has 35 heavy (non-hydrogen) atoms. The van der Waals surface area contributed by atoms with E-state index >= 15 is 0 Å². The number of amides is 2. The van der Waals surface area contributed by atoms with Crippen LogP contribution in [-0.4, -0.2) is 28.6 Å². The van der Waals surface area contributed by atoms with Gasteiger partial charge < -0.3 is 19.4 Å². The Labute approximate surface area is 206 Å². The molecule has 1 saturated heterocycles. The second kappa shape index (κ2) is 9.99. The average molecular weight is 489 g/mol. The van der Waals surface area contributed by atoms with Gasteiger partial charge >= 0.3 is 0 Å². The molecular weight excluding hydrogens is 468 g/mol. The summed E-state index contributed by atoms with van der Waals surface area (Å²) < 4.78 is 11.4. The molecule has 1 aliphatic heterocycles. The number of ether oxygens (including phenoxy) is 1. The summed E-state index contributed by atoms with van der Waals surface area (Å²) in [5.74, 6) is 0.474. The Kier molecular flexibility index (Phi) is 6.45. The van der Waals surface area contributed by atoms with Gasteiger partial charge in [0.1, 0.15) is 5.75 Å². The van der Waals surface area contributed by atoms with Crippen LogP contribution in [0.5, 0.6) is 5.75 Å². The molecule has 0 spiro atoms. The van der Waals surface area contributed by atoms with E-state index in [4.69, 9.17) is 20.8 Å². The van der Waals surface area contributed by atoms with Crippen molar-refractivity contribution in [2.75, 3.05) is 16.8 Å². The third kappa shape index (κ3) is 5.33. The van der Waals surface area contributed by atoms with E-state index in [1.807, 2.05) is 30.3 Å². The topological polar surface area (TPSA) is 97.6 Å². The molecule has 0 bridgehead atoms. The highest BCUT2D eigenvalue weighted by molar-refractivity contribution is 6.31. The number of nitrogens with zero attached hydrogens (tertiary/aromatic N) is 3. The van der Waals surface area contributed by atoms with Crippen molar-refractivity contribution in [3.8, 4) is 17.2 Å². The van der Waals surface area contributed by atoms with Crippen LogP contribution in [0.2, 0.25) is 5.02 Å². The van der Waals surface area contributed by atoms with Gasteiger partial charge in [-0.1, -0.05) is 41.9 Å². The molecular formula is C26H21ClN4O4. The van der Waals surface area contributed by atoms with E-state index in [1.54, 1.807) is 53.4 Å². The van der Waals surface area contributed by atoms with Crippen LogP contribution in [-0.2, 0) is 16.2 Å². The van der Waals surface area contributed by atoms with Gasteiger partial charge in [0.2, 0.25) is 17.7 Å². The number of hydrogen-bond donors (Lipinski definition) is 1. The fourth-order valence-corrected chi connectivity index (χ4v) is 4.02.